The van der Waals surface area contributed by atoms with Gasteiger partial charge >= 0.3 is 0 Å². The Bertz CT molecular complexity index is 573. The third-order valence-corrected chi connectivity index (χ3v) is 5.17. The summed E-state index contributed by atoms with van der Waals surface area (Å²) in [4.78, 5) is 18.9. The maximum atomic E-state index is 12.1. The SMILES string of the molecule is CCOC(C)c1noc(CN2CCCC(CNC(=O)C3CCCN3)C2)n1. The summed E-state index contributed by atoms with van der Waals surface area (Å²) in [5.41, 5.74) is 0. The molecule has 2 N–H and O–H groups in total. The van der Waals surface area contributed by atoms with Crippen molar-refractivity contribution >= 4 is 5.91 Å². The average molecular weight is 365 g/mol. The molecule has 1 aromatic rings. The molecule has 1 aromatic heterocycles. The van der Waals surface area contributed by atoms with Crippen LogP contribution in [0.25, 0.3) is 0 Å². The first kappa shape index (κ1) is 19.3. The van der Waals surface area contributed by atoms with Crippen LogP contribution in [0.4, 0.5) is 0 Å². The van der Waals surface area contributed by atoms with Gasteiger partial charge in [0.1, 0.15) is 6.10 Å². The molecular weight excluding hydrogens is 334 g/mol. The Morgan fingerprint density at radius 1 is 1.46 bits per heavy atom. The van der Waals surface area contributed by atoms with Crippen LogP contribution in [0.5, 0.6) is 0 Å². The van der Waals surface area contributed by atoms with E-state index in [1.807, 2.05) is 13.8 Å². The van der Waals surface area contributed by atoms with Crippen molar-refractivity contribution in [2.45, 2.75) is 58.2 Å². The molecule has 146 valence electrons. The summed E-state index contributed by atoms with van der Waals surface area (Å²) >= 11 is 0. The van der Waals surface area contributed by atoms with E-state index in [2.05, 4.69) is 25.7 Å². The van der Waals surface area contributed by atoms with Crippen molar-refractivity contribution in [1.29, 1.82) is 0 Å². The van der Waals surface area contributed by atoms with Crippen LogP contribution in [0.1, 0.15) is 57.3 Å². The summed E-state index contributed by atoms with van der Waals surface area (Å²) in [7, 11) is 0. The van der Waals surface area contributed by atoms with Crippen molar-refractivity contribution in [3.05, 3.63) is 11.7 Å². The molecule has 8 heteroatoms. The summed E-state index contributed by atoms with van der Waals surface area (Å²) in [6.45, 7) is 8.81. The topological polar surface area (TPSA) is 92.5 Å². The third-order valence-electron chi connectivity index (χ3n) is 5.17. The van der Waals surface area contributed by atoms with E-state index in [0.717, 1.165) is 51.9 Å². The van der Waals surface area contributed by atoms with Crippen molar-refractivity contribution in [2.75, 3.05) is 32.8 Å². The Kier molecular flexibility index (Phi) is 6.99. The quantitative estimate of drug-likeness (QED) is 0.716. The van der Waals surface area contributed by atoms with Crippen molar-refractivity contribution in [3.8, 4) is 0 Å². The van der Waals surface area contributed by atoms with E-state index in [1.54, 1.807) is 0 Å². The Morgan fingerprint density at radius 2 is 2.35 bits per heavy atom. The maximum Gasteiger partial charge on any atom is 0.240 e. The zero-order chi connectivity index (χ0) is 18.4. The Hall–Kier alpha value is -1.51. The lowest BCUT2D eigenvalue weighted by Crippen LogP contribution is -2.45. The minimum Gasteiger partial charge on any atom is -0.371 e. The van der Waals surface area contributed by atoms with Crippen LogP contribution in [-0.2, 0) is 16.1 Å². The van der Waals surface area contributed by atoms with Crippen LogP contribution in [0.3, 0.4) is 0 Å². The molecule has 0 radical (unpaired) electrons. The Labute approximate surface area is 155 Å². The molecule has 0 bridgehead atoms. The number of rotatable bonds is 8. The highest BCUT2D eigenvalue weighted by molar-refractivity contribution is 5.81. The van der Waals surface area contributed by atoms with Gasteiger partial charge in [0, 0.05) is 19.7 Å². The molecule has 0 spiro atoms. The zero-order valence-electron chi connectivity index (χ0n) is 15.9. The molecule has 0 aromatic carbocycles. The first-order valence-corrected chi connectivity index (χ1v) is 9.83. The highest BCUT2D eigenvalue weighted by atomic mass is 16.5. The fourth-order valence-electron chi connectivity index (χ4n) is 3.75. The van der Waals surface area contributed by atoms with E-state index in [4.69, 9.17) is 9.26 Å². The number of amides is 1. The van der Waals surface area contributed by atoms with Gasteiger partial charge < -0.3 is 19.9 Å². The second-order valence-electron chi connectivity index (χ2n) is 7.28. The van der Waals surface area contributed by atoms with Gasteiger partial charge in [0.15, 0.2) is 5.82 Å². The molecule has 3 heterocycles. The standard InChI is InChI=1S/C18H31N5O3/c1-3-25-13(2)17-21-16(26-22-17)12-23-9-5-6-14(11-23)10-20-18(24)15-7-4-8-19-15/h13-15,19H,3-12H2,1-2H3,(H,20,24). The van der Waals surface area contributed by atoms with Gasteiger partial charge in [0.05, 0.1) is 12.6 Å². The molecule has 0 saturated carbocycles. The lowest BCUT2D eigenvalue weighted by atomic mass is 9.98. The lowest BCUT2D eigenvalue weighted by molar-refractivity contribution is -0.123. The summed E-state index contributed by atoms with van der Waals surface area (Å²) in [5.74, 6) is 1.85. The summed E-state index contributed by atoms with van der Waals surface area (Å²) in [6, 6.07) is -0.00108. The van der Waals surface area contributed by atoms with Gasteiger partial charge in [0.25, 0.3) is 0 Å². The van der Waals surface area contributed by atoms with Gasteiger partial charge in [-0.2, -0.15) is 4.98 Å². The maximum absolute atomic E-state index is 12.1. The van der Waals surface area contributed by atoms with Crippen LogP contribution >= 0.6 is 0 Å². The minimum atomic E-state index is -0.147. The minimum absolute atomic E-state index is 0.00108. The first-order valence-electron chi connectivity index (χ1n) is 9.83. The van der Waals surface area contributed by atoms with E-state index >= 15 is 0 Å². The van der Waals surface area contributed by atoms with Crippen LogP contribution in [0.15, 0.2) is 4.52 Å². The zero-order valence-corrected chi connectivity index (χ0v) is 15.9. The monoisotopic (exact) mass is 365 g/mol. The van der Waals surface area contributed by atoms with Gasteiger partial charge in [-0.15, -0.1) is 0 Å². The van der Waals surface area contributed by atoms with E-state index < -0.39 is 0 Å². The van der Waals surface area contributed by atoms with Crippen molar-refractivity contribution < 1.29 is 14.1 Å². The largest absolute Gasteiger partial charge is 0.371 e. The fraction of sp³-hybridized carbons (Fsp3) is 0.833. The van der Waals surface area contributed by atoms with Gasteiger partial charge in [-0.3, -0.25) is 9.69 Å². The molecule has 3 rings (SSSR count). The van der Waals surface area contributed by atoms with Crippen LogP contribution in [0.2, 0.25) is 0 Å². The Balaban J connectivity index is 1.44. The number of hydrogen-bond donors (Lipinski definition) is 2. The molecule has 2 fully saturated rings. The number of likely N-dealkylation sites (tertiary alicyclic amines) is 1. The van der Waals surface area contributed by atoms with Gasteiger partial charge in [-0.1, -0.05) is 5.16 Å². The number of piperidine rings is 1. The number of carbonyl (C=O) groups is 1. The predicted molar refractivity (Wildman–Crippen MR) is 96.4 cm³/mol. The van der Waals surface area contributed by atoms with Gasteiger partial charge in [-0.05, 0) is 58.5 Å². The number of ether oxygens (including phenoxy) is 1. The predicted octanol–water partition coefficient (Wildman–Crippen LogP) is 1.25. The lowest BCUT2D eigenvalue weighted by Gasteiger charge is -2.32. The highest BCUT2D eigenvalue weighted by Gasteiger charge is 2.25. The molecule has 3 unspecified atom stereocenters. The Morgan fingerprint density at radius 3 is 3.12 bits per heavy atom. The molecule has 2 aliphatic rings. The number of hydrogen-bond acceptors (Lipinski definition) is 7. The second kappa shape index (κ2) is 9.43. The number of carbonyl (C=O) groups excluding carboxylic acids is 1. The summed E-state index contributed by atoms with van der Waals surface area (Å²) in [5, 5.41) is 10.4. The van der Waals surface area contributed by atoms with Crippen molar-refractivity contribution in [1.82, 2.24) is 25.7 Å². The van der Waals surface area contributed by atoms with E-state index in [-0.39, 0.29) is 18.1 Å². The smallest absolute Gasteiger partial charge is 0.240 e. The molecule has 1 amide bonds. The number of nitrogens with one attached hydrogen (secondary N) is 2. The normalized spacial score (nSPS) is 25.3. The molecule has 2 aliphatic heterocycles. The van der Waals surface area contributed by atoms with Crippen LogP contribution in [0, 0.1) is 5.92 Å². The second-order valence-corrected chi connectivity index (χ2v) is 7.28. The highest BCUT2D eigenvalue weighted by Crippen LogP contribution is 2.19. The molecule has 3 atom stereocenters. The van der Waals surface area contributed by atoms with E-state index in [0.29, 0.717) is 30.8 Å². The van der Waals surface area contributed by atoms with Gasteiger partial charge in [0.2, 0.25) is 11.8 Å². The van der Waals surface area contributed by atoms with E-state index in [9.17, 15) is 4.79 Å². The molecule has 26 heavy (non-hydrogen) atoms. The molecule has 8 nitrogen and oxygen atoms in total. The third kappa shape index (κ3) is 5.25. The van der Waals surface area contributed by atoms with Crippen LogP contribution < -0.4 is 10.6 Å². The van der Waals surface area contributed by atoms with Crippen LogP contribution in [-0.4, -0.2) is 59.8 Å². The molecule has 2 saturated heterocycles. The summed E-state index contributed by atoms with van der Waals surface area (Å²) < 4.78 is 10.9. The number of nitrogens with zero attached hydrogens (tertiary/aromatic N) is 3. The van der Waals surface area contributed by atoms with Gasteiger partial charge in [-0.25, -0.2) is 0 Å². The van der Waals surface area contributed by atoms with Crippen molar-refractivity contribution in [2.24, 2.45) is 5.92 Å². The fourth-order valence-corrected chi connectivity index (χ4v) is 3.75. The van der Waals surface area contributed by atoms with E-state index in [1.165, 1.54) is 0 Å². The molecular formula is C18H31N5O3. The number of aromatic nitrogens is 2. The summed E-state index contributed by atoms with van der Waals surface area (Å²) in [6.07, 6.45) is 4.15. The van der Waals surface area contributed by atoms with Crippen molar-refractivity contribution in [3.63, 3.8) is 0 Å². The molecule has 0 aliphatic carbocycles. The average Bonchev–Trinajstić information content (AvgIpc) is 3.32. The first-order chi connectivity index (χ1) is 12.7.